The molecule has 0 heterocycles. The molecule has 1 heteroatoms. The summed E-state index contributed by atoms with van der Waals surface area (Å²) in [4.78, 5) is 0. The number of benzene rings is 2. The molecule has 2 aromatic rings. The second kappa shape index (κ2) is 11.6. The maximum atomic E-state index is 3.44. The van der Waals surface area contributed by atoms with Gasteiger partial charge in [0.2, 0.25) is 0 Å². The fraction of sp³-hybridized carbons (Fsp3) is 0.500. The predicted octanol–water partition coefficient (Wildman–Crippen LogP) is 7.33. The highest BCUT2D eigenvalue weighted by atomic mass is 27.0. The van der Waals surface area contributed by atoms with Crippen LogP contribution in [0.2, 0.25) is 0 Å². The van der Waals surface area contributed by atoms with Crippen LogP contribution in [0.15, 0.2) is 36.4 Å². The summed E-state index contributed by atoms with van der Waals surface area (Å²) in [6.45, 7) is 17.6. The van der Waals surface area contributed by atoms with Crippen molar-refractivity contribution < 1.29 is 1.43 Å². The van der Waals surface area contributed by atoms with Crippen molar-refractivity contribution in [1.29, 1.82) is 0 Å². The van der Waals surface area contributed by atoms with Gasteiger partial charge in [0.1, 0.15) is 0 Å². The molecule has 5 radical (unpaired) electrons. The summed E-state index contributed by atoms with van der Waals surface area (Å²) in [7, 11) is 0. The van der Waals surface area contributed by atoms with Crippen LogP contribution in [0.1, 0.15) is 103 Å². The third-order valence-electron chi connectivity index (χ3n) is 4.17. The molecule has 0 aliphatic carbocycles. The molecule has 25 heavy (non-hydrogen) atoms. The number of hydrogen-bond acceptors (Lipinski definition) is 0. The van der Waals surface area contributed by atoms with Gasteiger partial charge in [-0.1, -0.05) is 91.8 Å². The summed E-state index contributed by atoms with van der Waals surface area (Å²) in [5.41, 5.74) is 5.28. The van der Waals surface area contributed by atoms with Crippen molar-refractivity contribution in [3.63, 3.8) is 0 Å². The fourth-order valence-corrected chi connectivity index (χ4v) is 2.36. The van der Waals surface area contributed by atoms with E-state index in [1.807, 2.05) is 0 Å². The van der Waals surface area contributed by atoms with Gasteiger partial charge in [-0.3, -0.25) is 0 Å². The van der Waals surface area contributed by atoms with Gasteiger partial charge >= 0.3 is 0 Å². The van der Waals surface area contributed by atoms with Gasteiger partial charge in [0, 0.05) is 18.8 Å². The van der Waals surface area contributed by atoms with Crippen molar-refractivity contribution in [2.75, 3.05) is 0 Å². The second-order valence-electron chi connectivity index (χ2n) is 7.74. The molecule has 0 N–H and O–H groups in total. The molecule has 0 fully saturated rings. The zero-order valence-electron chi connectivity index (χ0n) is 17.4. The zero-order chi connectivity index (χ0) is 18.3. The molecule has 0 unspecified atom stereocenters. The summed E-state index contributed by atoms with van der Waals surface area (Å²) < 4.78 is 0. The molecular weight excluding hydrogens is 315 g/mol. The third kappa shape index (κ3) is 8.26. The zero-order valence-corrected chi connectivity index (χ0v) is 18.5. The molecule has 0 spiro atoms. The quantitative estimate of drug-likeness (QED) is 0.506. The molecule has 0 aromatic heterocycles. The lowest BCUT2D eigenvalue weighted by molar-refractivity contribution is 0.830. The lowest BCUT2D eigenvalue weighted by atomic mass is 9.96. The van der Waals surface area contributed by atoms with E-state index in [1.54, 1.807) is 0 Å². The van der Waals surface area contributed by atoms with Crippen molar-refractivity contribution in [1.82, 2.24) is 0 Å². The number of hydrogen-bond donors (Lipinski definition) is 0. The summed E-state index contributed by atoms with van der Waals surface area (Å²) in [5, 5.41) is 0. The fourth-order valence-electron chi connectivity index (χ4n) is 2.36. The Morgan fingerprint density at radius 2 is 0.720 bits per heavy atom. The van der Waals surface area contributed by atoms with Gasteiger partial charge in [0.15, 0.2) is 0 Å². The van der Waals surface area contributed by atoms with E-state index in [-0.39, 0.29) is 18.8 Å². The molecular formula is C24H36Al. The Morgan fingerprint density at radius 3 is 0.880 bits per heavy atom. The molecule has 0 bridgehead atoms. The highest BCUT2D eigenvalue weighted by molar-refractivity contribution is 5.75. The average Bonchev–Trinajstić information content (AvgIpc) is 2.55. The van der Waals surface area contributed by atoms with Crippen LogP contribution in [0.25, 0.3) is 0 Å². The van der Waals surface area contributed by atoms with E-state index in [9.17, 15) is 0 Å². The predicted molar refractivity (Wildman–Crippen MR) is 115 cm³/mol. The standard InChI is InChI=1S/2C12H17.Al.H2/c2*1-9(2)11-6-5-7-12(8-11)10(3)4;;/h2*5-7,9-10H,1-4H3;;1H. The summed E-state index contributed by atoms with van der Waals surface area (Å²) in [5.74, 6) is 2.35. The summed E-state index contributed by atoms with van der Waals surface area (Å²) >= 11 is 0. The Kier molecular flexibility index (Phi) is 11.1. The van der Waals surface area contributed by atoms with Gasteiger partial charge in [-0.25, -0.2) is 0 Å². The summed E-state index contributed by atoms with van der Waals surface area (Å²) in [6.07, 6.45) is 0. The van der Waals surface area contributed by atoms with Gasteiger partial charge in [0.05, 0.1) is 0 Å². The molecule has 0 nitrogen and oxygen atoms in total. The highest BCUT2D eigenvalue weighted by Crippen LogP contribution is 2.20. The van der Waals surface area contributed by atoms with Crippen molar-refractivity contribution in [3.05, 3.63) is 70.8 Å². The van der Waals surface area contributed by atoms with Crippen LogP contribution in [0, 0.1) is 12.1 Å². The topological polar surface area (TPSA) is 0 Å². The minimum absolute atomic E-state index is 0. The third-order valence-corrected chi connectivity index (χ3v) is 4.17. The maximum Gasteiger partial charge on any atom is 0 e. The van der Waals surface area contributed by atoms with Gasteiger partial charge in [-0.15, -0.1) is 0 Å². The number of rotatable bonds is 4. The van der Waals surface area contributed by atoms with Gasteiger partial charge < -0.3 is 0 Å². The van der Waals surface area contributed by atoms with Crippen LogP contribution in [-0.2, 0) is 0 Å². The van der Waals surface area contributed by atoms with Crippen LogP contribution >= 0.6 is 0 Å². The molecule has 0 atom stereocenters. The Balaban J connectivity index is 0. The van der Waals surface area contributed by atoms with Crippen LogP contribution in [-0.4, -0.2) is 17.4 Å². The monoisotopic (exact) mass is 351 g/mol. The summed E-state index contributed by atoms with van der Waals surface area (Å²) in [6, 6.07) is 19.7. The SMILES string of the molecule is CC(C)c1[c]c(C(C)C)ccc1.CC(C)c1[c]c(C(C)C)ccc1.[Al].[HH]. The van der Waals surface area contributed by atoms with E-state index >= 15 is 0 Å². The van der Waals surface area contributed by atoms with Crippen molar-refractivity contribution in [2.24, 2.45) is 0 Å². The van der Waals surface area contributed by atoms with E-state index in [2.05, 4.69) is 104 Å². The first-order chi connectivity index (χ1) is 11.2. The lowest BCUT2D eigenvalue weighted by Gasteiger charge is -2.09. The van der Waals surface area contributed by atoms with E-state index < -0.39 is 0 Å². The van der Waals surface area contributed by atoms with Gasteiger partial charge in [-0.2, -0.15) is 0 Å². The molecule has 0 aliphatic heterocycles. The Hall–Kier alpha value is -1.03. The van der Waals surface area contributed by atoms with Gasteiger partial charge in [-0.05, 0) is 58.1 Å². The Morgan fingerprint density at radius 1 is 0.520 bits per heavy atom. The van der Waals surface area contributed by atoms with Crippen molar-refractivity contribution in [3.8, 4) is 0 Å². The van der Waals surface area contributed by atoms with E-state index in [0.717, 1.165) is 0 Å². The van der Waals surface area contributed by atoms with E-state index in [4.69, 9.17) is 0 Å². The van der Waals surface area contributed by atoms with Gasteiger partial charge in [0.25, 0.3) is 0 Å². The highest BCUT2D eigenvalue weighted by Gasteiger charge is 2.03. The first-order valence-electron chi connectivity index (χ1n) is 9.26. The minimum atomic E-state index is 0. The molecule has 0 amide bonds. The largest absolute Gasteiger partial charge is 0.0617 e. The second-order valence-corrected chi connectivity index (χ2v) is 7.74. The maximum absolute atomic E-state index is 3.44. The van der Waals surface area contributed by atoms with Crippen molar-refractivity contribution >= 4 is 17.4 Å². The normalized spacial score (nSPS) is 10.7. The molecule has 2 rings (SSSR count). The smallest absolute Gasteiger partial charge is 0 e. The van der Waals surface area contributed by atoms with Crippen LogP contribution in [0.4, 0.5) is 0 Å². The van der Waals surface area contributed by atoms with E-state index in [1.165, 1.54) is 22.3 Å². The first-order valence-corrected chi connectivity index (χ1v) is 9.26. The molecule has 2 aromatic carbocycles. The average molecular weight is 352 g/mol. The van der Waals surface area contributed by atoms with Crippen LogP contribution in [0.5, 0.6) is 0 Å². The lowest BCUT2D eigenvalue weighted by Crippen LogP contribution is -1.92. The van der Waals surface area contributed by atoms with Crippen LogP contribution < -0.4 is 0 Å². The minimum Gasteiger partial charge on any atom is -0.0617 e. The van der Waals surface area contributed by atoms with E-state index in [0.29, 0.717) is 23.7 Å². The Labute approximate surface area is 168 Å². The molecule has 0 aliphatic rings. The van der Waals surface area contributed by atoms with Crippen molar-refractivity contribution in [2.45, 2.75) is 79.1 Å². The first kappa shape index (κ1) is 24.0. The molecule has 0 saturated carbocycles. The Bertz CT molecular complexity index is 513. The molecule has 0 saturated heterocycles. The van der Waals surface area contributed by atoms with Crippen LogP contribution in [0.3, 0.4) is 0 Å². The molecule has 135 valence electrons.